The van der Waals surface area contributed by atoms with Gasteiger partial charge in [-0.2, -0.15) is 0 Å². The molecule has 0 aromatic heterocycles. The Labute approximate surface area is 618 Å². The van der Waals surface area contributed by atoms with E-state index in [0.717, 1.165) is 109 Å². The van der Waals surface area contributed by atoms with Gasteiger partial charge >= 0.3 is 39.5 Å². The van der Waals surface area contributed by atoms with E-state index in [1.807, 2.05) is 0 Å². The zero-order valence-corrected chi connectivity index (χ0v) is 67.2. The number of phosphoric ester groups is 2. The van der Waals surface area contributed by atoms with E-state index in [1.165, 1.54) is 231 Å². The molecule has 0 fully saturated rings. The Morgan fingerprint density at radius 2 is 0.475 bits per heavy atom. The van der Waals surface area contributed by atoms with Crippen LogP contribution in [0.15, 0.2) is 24.3 Å². The second-order valence-electron chi connectivity index (χ2n) is 28.8. The van der Waals surface area contributed by atoms with Crippen LogP contribution in [0.25, 0.3) is 0 Å². The van der Waals surface area contributed by atoms with Crippen molar-refractivity contribution in [2.75, 3.05) is 39.6 Å². The second kappa shape index (κ2) is 75.8. The maximum atomic E-state index is 13.1. The molecular formula is C82H156O17P2. The van der Waals surface area contributed by atoms with Crippen molar-refractivity contribution in [1.29, 1.82) is 0 Å². The van der Waals surface area contributed by atoms with E-state index < -0.39 is 97.5 Å². The fraction of sp³-hybridized carbons (Fsp3) is 0.902. The molecule has 0 saturated heterocycles. The molecule has 17 nitrogen and oxygen atoms in total. The Kier molecular flexibility index (Phi) is 73.9. The molecule has 0 amide bonds. The highest BCUT2D eigenvalue weighted by molar-refractivity contribution is 7.47. The first kappa shape index (κ1) is 98.5. The molecule has 0 spiro atoms. The van der Waals surface area contributed by atoms with Crippen molar-refractivity contribution < 1.29 is 80.2 Å². The molecule has 0 aliphatic heterocycles. The molecule has 0 aromatic rings. The van der Waals surface area contributed by atoms with Crippen LogP contribution in [0, 0.1) is 0 Å². The maximum Gasteiger partial charge on any atom is 0.472 e. The molecule has 19 heteroatoms. The van der Waals surface area contributed by atoms with Gasteiger partial charge in [-0.3, -0.25) is 37.3 Å². The summed E-state index contributed by atoms with van der Waals surface area (Å²) in [6.45, 7) is 4.96. The first-order chi connectivity index (χ1) is 49.2. The Balaban J connectivity index is 5.24. The SMILES string of the molecule is CCCCCC/C=C\C=C/CCCCCCCC(=O)OC[C@H](COP(=O)(O)OC[C@@H](O)COP(=O)(O)OC[C@@H](COC(=O)CCCCCCCCCCCCCC)OC(=O)CCCCCCCCCCCCCC)OC(=O)CCCCCCCCCCCCCCCCCCCCCCCC. The molecule has 0 aromatic carbocycles. The summed E-state index contributed by atoms with van der Waals surface area (Å²) in [5, 5.41) is 10.6. The van der Waals surface area contributed by atoms with E-state index in [1.54, 1.807) is 0 Å². The number of esters is 4. The number of hydrogen-bond acceptors (Lipinski definition) is 15. The smallest absolute Gasteiger partial charge is 0.462 e. The summed E-state index contributed by atoms with van der Waals surface area (Å²) in [5.41, 5.74) is 0. The Bertz CT molecular complexity index is 2010. The van der Waals surface area contributed by atoms with Crippen LogP contribution in [0.3, 0.4) is 0 Å². The number of hydrogen-bond donors (Lipinski definition) is 3. The van der Waals surface area contributed by atoms with E-state index in [-0.39, 0.29) is 25.7 Å². The van der Waals surface area contributed by atoms with Gasteiger partial charge in [-0.25, -0.2) is 9.13 Å². The fourth-order valence-electron chi connectivity index (χ4n) is 12.3. The maximum absolute atomic E-state index is 13.1. The molecule has 101 heavy (non-hydrogen) atoms. The van der Waals surface area contributed by atoms with Crippen LogP contribution in [0.4, 0.5) is 0 Å². The minimum Gasteiger partial charge on any atom is -0.462 e. The molecule has 596 valence electrons. The van der Waals surface area contributed by atoms with Crippen LogP contribution in [-0.4, -0.2) is 96.7 Å². The van der Waals surface area contributed by atoms with Gasteiger partial charge < -0.3 is 33.8 Å². The number of ether oxygens (including phenoxy) is 4. The van der Waals surface area contributed by atoms with Crippen molar-refractivity contribution >= 4 is 39.5 Å². The number of phosphoric acid groups is 2. The largest absolute Gasteiger partial charge is 0.472 e. The van der Waals surface area contributed by atoms with Gasteiger partial charge in [0.15, 0.2) is 12.2 Å². The van der Waals surface area contributed by atoms with E-state index in [2.05, 4.69) is 52.0 Å². The molecule has 0 aliphatic rings. The van der Waals surface area contributed by atoms with Gasteiger partial charge in [0.2, 0.25) is 0 Å². The zero-order chi connectivity index (χ0) is 73.9. The van der Waals surface area contributed by atoms with Crippen molar-refractivity contribution in [3.63, 3.8) is 0 Å². The summed E-state index contributed by atoms with van der Waals surface area (Å²) in [7, 11) is -9.93. The number of carbonyl (C=O) groups excluding carboxylic acids is 4. The number of allylic oxidation sites excluding steroid dienone is 4. The summed E-state index contributed by atoms with van der Waals surface area (Å²) in [6.07, 6.45) is 71.6. The zero-order valence-electron chi connectivity index (χ0n) is 65.4. The molecule has 5 atom stereocenters. The number of carbonyl (C=O) groups is 4. The third-order valence-electron chi connectivity index (χ3n) is 18.7. The first-order valence-electron chi connectivity index (χ1n) is 42.1. The van der Waals surface area contributed by atoms with E-state index in [9.17, 15) is 43.2 Å². The number of unbranched alkanes of at least 4 members (excludes halogenated alkanes) is 52. The second-order valence-corrected chi connectivity index (χ2v) is 31.7. The highest BCUT2D eigenvalue weighted by atomic mass is 31.2. The van der Waals surface area contributed by atoms with Crippen molar-refractivity contribution in [2.24, 2.45) is 0 Å². The molecule has 3 N–H and O–H groups in total. The van der Waals surface area contributed by atoms with Gasteiger partial charge in [0.25, 0.3) is 0 Å². The van der Waals surface area contributed by atoms with Crippen LogP contribution >= 0.6 is 15.6 Å². The molecule has 2 unspecified atom stereocenters. The summed E-state index contributed by atoms with van der Waals surface area (Å²) in [4.78, 5) is 73.0. The standard InChI is InChI=1S/C82H156O17P2/c1-5-9-13-17-21-25-29-33-35-36-37-38-39-40-41-43-45-49-53-57-61-65-69-82(87)99-78(73-93-80(85)67-63-59-55-51-48-44-42-34-30-26-22-18-14-10-6-2)75-97-101(90,91)95-71-76(83)70-94-100(88,89)96-74-77(98-81(86)68-64-60-56-52-47-32-28-24-20-16-12-8-4)72-92-79(84)66-62-58-54-50-46-31-27-23-19-15-11-7-3/h26,30,34,42,76-78,83H,5-25,27-29,31-33,35-41,43-75H2,1-4H3,(H,88,89)(H,90,91)/b30-26-,42-34-/t76-,77+,78+/m0/s1. The molecule has 0 heterocycles. The van der Waals surface area contributed by atoms with Gasteiger partial charge in [-0.1, -0.05) is 367 Å². The summed E-state index contributed by atoms with van der Waals surface area (Å²) in [5.74, 6) is -2.13. The molecular weight excluding hydrogens is 1320 g/mol. The van der Waals surface area contributed by atoms with Gasteiger partial charge in [-0.15, -0.1) is 0 Å². The van der Waals surface area contributed by atoms with Crippen LogP contribution in [-0.2, 0) is 65.4 Å². The lowest BCUT2D eigenvalue weighted by atomic mass is 10.0. The predicted octanol–water partition coefficient (Wildman–Crippen LogP) is 24.5. The third kappa shape index (κ3) is 75.6. The molecule has 0 aliphatic carbocycles. The average molecular weight is 1480 g/mol. The Morgan fingerprint density at radius 3 is 0.723 bits per heavy atom. The average Bonchev–Trinajstić information content (AvgIpc) is 0.949. The summed E-state index contributed by atoms with van der Waals surface area (Å²) < 4.78 is 68.7. The van der Waals surface area contributed by atoms with Crippen molar-refractivity contribution in [1.82, 2.24) is 0 Å². The molecule has 0 saturated carbocycles. The monoisotopic (exact) mass is 1480 g/mol. The van der Waals surface area contributed by atoms with Gasteiger partial charge in [0.05, 0.1) is 26.4 Å². The molecule has 0 radical (unpaired) electrons. The van der Waals surface area contributed by atoms with Crippen molar-refractivity contribution in [3.05, 3.63) is 24.3 Å². The van der Waals surface area contributed by atoms with Crippen LogP contribution in [0.1, 0.15) is 419 Å². The summed E-state index contributed by atoms with van der Waals surface area (Å²) in [6, 6.07) is 0. The minimum absolute atomic E-state index is 0.103. The van der Waals surface area contributed by atoms with E-state index in [4.69, 9.17) is 37.0 Å². The fourth-order valence-corrected chi connectivity index (χ4v) is 13.9. The lowest BCUT2D eigenvalue weighted by molar-refractivity contribution is -0.161. The lowest BCUT2D eigenvalue weighted by Crippen LogP contribution is -2.30. The van der Waals surface area contributed by atoms with Crippen LogP contribution in [0.2, 0.25) is 0 Å². The molecule has 0 rings (SSSR count). The highest BCUT2D eigenvalue weighted by Crippen LogP contribution is 2.45. The van der Waals surface area contributed by atoms with Crippen LogP contribution < -0.4 is 0 Å². The van der Waals surface area contributed by atoms with Gasteiger partial charge in [-0.05, 0) is 51.4 Å². The lowest BCUT2D eigenvalue weighted by Gasteiger charge is -2.21. The number of aliphatic hydroxyl groups excluding tert-OH is 1. The number of aliphatic hydroxyl groups is 1. The van der Waals surface area contributed by atoms with Crippen LogP contribution in [0.5, 0.6) is 0 Å². The predicted molar refractivity (Wildman–Crippen MR) is 414 cm³/mol. The first-order valence-corrected chi connectivity index (χ1v) is 45.1. The number of rotatable bonds is 81. The Hall–Kier alpha value is -2.46. The minimum atomic E-state index is -4.97. The topological polar surface area (TPSA) is 237 Å². The summed E-state index contributed by atoms with van der Waals surface area (Å²) >= 11 is 0. The van der Waals surface area contributed by atoms with Gasteiger partial charge in [0.1, 0.15) is 19.3 Å². The molecule has 0 bridgehead atoms. The van der Waals surface area contributed by atoms with Crippen molar-refractivity contribution in [2.45, 2.75) is 438 Å². The third-order valence-corrected chi connectivity index (χ3v) is 20.6. The van der Waals surface area contributed by atoms with Crippen molar-refractivity contribution in [3.8, 4) is 0 Å². The van der Waals surface area contributed by atoms with E-state index in [0.29, 0.717) is 25.7 Å². The highest BCUT2D eigenvalue weighted by Gasteiger charge is 2.30. The van der Waals surface area contributed by atoms with E-state index >= 15 is 0 Å². The quantitative estimate of drug-likeness (QED) is 0.0169. The normalized spacial score (nSPS) is 13.9. The van der Waals surface area contributed by atoms with Gasteiger partial charge in [0, 0.05) is 25.7 Å². The Morgan fingerprint density at radius 1 is 0.277 bits per heavy atom.